The molecule has 7 heteroatoms. The Morgan fingerprint density at radius 1 is 1.09 bits per heavy atom. The average Bonchev–Trinajstić information content (AvgIpc) is 3.35. The Morgan fingerprint density at radius 2 is 1.84 bits per heavy atom. The van der Waals surface area contributed by atoms with Gasteiger partial charge < -0.3 is 10.2 Å². The fourth-order valence-corrected chi connectivity index (χ4v) is 6.43. The van der Waals surface area contributed by atoms with Crippen LogP contribution in [0.3, 0.4) is 0 Å². The monoisotopic (exact) mass is 443 g/mol. The summed E-state index contributed by atoms with van der Waals surface area (Å²) in [6, 6.07) is 13.7. The highest BCUT2D eigenvalue weighted by molar-refractivity contribution is 7.16. The van der Waals surface area contributed by atoms with Crippen LogP contribution in [-0.4, -0.2) is 45.9 Å². The first kappa shape index (κ1) is 19.8. The highest BCUT2D eigenvalue weighted by Crippen LogP contribution is 2.55. The van der Waals surface area contributed by atoms with E-state index >= 15 is 0 Å². The van der Waals surface area contributed by atoms with Gasteiger partial charge in [0, 0.05) is 42.0 Å². The summed E-state index contributed by atoms with van der Waals surface area (Å²) in [5, 5.41) is 16.0. The van der Waals surface area contributed by atoms with Crippen LogP contribution in [-0.2, 0) is 0 Å². The number of nitrogens with one attached hydrogen (secondary N) is 1. The van der Waals surface area contributed by atoms with E-state index in [-0.39, 0.29) is 11.7 Å². The van der Waals surface area contributed by atoms with Gasteiger partial charge in [-0.3, -0.25) is 4.79 Å². The van der Waals surface area contributed by atoms with Crippen LogP contribution in [0, 0.1) is 11.3 Å². The van der Waals surface area contributed by atoms with Gasteiger partial charge in [0.1, 0.15) is 10.9 Å². The molecule has 1 aliphatic carbocycles. The van der Waals surface area contributed by atoms with Gasteiger partial charge in [0.15, 0.2) is 0 Å². The molecular weight excluding hydrogens is 418 g/mol. The molecule has 3 fully saturated rings. The summed E-state index contributed by atoms with van der Waals surface area (Å²) in [5.74, 6) is 1.04. The number of carbonyl (C=O) groups is 1. The topological polar surface area (TPSA) is 81.9 Å². The van der Waals surface area contributed by atoms with E-state index in [2.05, 4.69) is 39.6 Å². The Labute approximate surface area is 191 Å². The summed E-state index contributed by atoms with van der Waals surface area (Å²) in [4.78, 5) is 24.8. The molecule has 4 atom stereocenters. The molecule has 3 aliphatic rings. The Bertz CT molecular complexity index is 1220. The van der Waals surface area contributed by atoms with Crippen LogP contribution in [0.15, 0.2) is 35.7 Å². The molecule has 2 aromatic heterocycles. The zero-order valence-electron chi connectivity index (χ0n) is 18.0. The predicted molar refractivity (Wildman–Crippen MR) is 124 cm³/mol. The Kier molecular flexibility index (Phi) is 4.74. The minimum Gasteiger partial charge on any atom is -0.339 e. The molecule has 1 N–H and O–H groups in total. The number of carbonyl (C=O) groups excluding carboxylic acids is 1. The molecule has 1 aromatic carbocycles. The van der Waals surface area contributed by atoms with Crippen molar-refractivity contribution in [2.45, 2.75) is 62.1 Å². The van der Waals surface area contributed by atoms with E-state index in [4.69, 9.17) is 0 Å². The fraction of sp³-hybridized carbons (Fsp3) is 0.440. The highest BCUT2D eigenvalue weighted by Gasteiger charge is 2.42. The fourth-order valence-electron chi connectivity index (χ4n) is 5.66. The van der Waals surface area contributed by atoms with Crippen LogP contribution >= 0.6 is 11.3 Å². The largest absolute Gasteiger partial charge is 0.339 e. The quantitative estimate of drug-likeness (QED) is 0.654. The SMILES string of the molecule is CN(C(=O)c1ccc(C2CC2c2nc(C#N)nc3sccc23)cc1)C1CC2CCC(C1)N2. The smallest absolute Gasteiger partial charge is 0.253 e. The first-order chi connectivity index (χ1) is 15.6. The lowest BCUT2D eigenvalue weighted by molar-refractivity contribution is 0.0681. The normalized spacial score (nSPS) is 28.4. The van der Waals surface area contributed by atoms with E-state index in [0.717, 1.165) is 40.7 Å². The molecule has 4 unspecified atom stereocenters. The number of aromatic nitrogens is 2. The number of hydrogen-bond donors (Lipinski definition) is 1. The molecule has 32 heavy (non-hydrogen) atoms. The van der Waals surface area contributed by atoms with Gasteiger partial charge in [0.05, 0.1) is 5.69 Å². The van der Waals surface area contributed by atoms with Crippen molar-refractivity contribution in [1.29, 1.82) is 5.26 Å². The summed E-state index contributed by atoms with van der Waals surface area (Å²) in [7, 11) is 1.95. The van der Waals surface area contributed by atoms with E-state index in [9.17, 15) is 10.1 Å². The van der Waals surface area contributed by atoms with Gasteiger partial charge >= 0.3 is 0 Å². The number of hydrogen-bond acceptors (Lipinski definition) is 6. The third-order valence-electron chi connectivity index (χ3n) is 7.50. The number of thiophene rings is 1. The van der Waals surface area contributed by atoms with Gasteiger partial charge in [-0.1, -0.05) is 12.1 Å². The average molecular weight is 444 g/mol. The van der Waals surface area contributed by atoms with Gasteiger partial charge in [-0.25, -0.2) is 9.97 Å². The Balaban J connectivity index is 1.17. The molecule has 0 spiro atoms. The lowest BCUT2D eigenvalue weighted by Crippen LogP contribution is -2.48. The first-order valence-electron chi connectivity index (χ1n) is 11.4. The number of nitriles is 1. The van der Waals surface area contributed by atoms with Crippen molar-refractivity contribution in [1.82, 2.24) is 20.2 Å². The molecule has 0 radical (unpaired) electrons. The molecule has 6 nitrogen and oxygen atoms in total. The minimum atomic E-state index is 0.115. The second kappa shape index (κ2) is 7.65. The zero-order valence-corrected chi connectivity index (χ0v) is 18.8. The van der Waals surface area contributed by atoms with Crippen LogP contribution in [0.1, 0.15) is 71.4 Å². The third kappa shape index (κ3) is 3.39. The molecule has 2 bridgehead atoms. The standard InChI is InChI=1S/C25H25N5OS/c1-30(18-10-16-6-7-17(11-18)27-16)25(31)15-4-2-14(3-5-15)20-12-21(20)23-19-8-9-32-24(19)29-22(13-26)28-23/h2-5,8-9,16-18,20-21,27H,6-7,10-12H2,1H3. The van der Waals surface area contributed by atoms with E-state index < -0.39 is 0 Å². The van der Waals surface area contributed by atoms with Gasteiger partial charge in [0.25, 0.3) is 5.91 Å². The van der Waals surface area contributed by atoms with E-state index in [1.807, 2.05) is 29.5 Å². The minimum absolute atomic E-state index is 0.115. The number of amides is 1. The summed E-state index contributed by atoms with van der Waals surface area (Å²) >= 11 is 1.55. The van der Waals surface area contributed by atoms with Crippen molar-refractivity contribution in [3.63, 3.8) is 0 Å². The molecular formula is C25H25N5OS. The zero-order chi connectivity index (χ0) is 21.8. The highest BCUT2D eigenvalue weighted by atomic mass is 32.1. The molecule has 162 valence electrons. The van der Waals surface area contributed by atoms with Crippen LogP contribution in [0.5, 0.6) is 0 Å². The van der Waals surface area contributed by atoms with E-state index in [1.54, 1.807) is 11.3 Å². The lowest BCUT2D eigenvalue weighted by atomic mass is 9.97. The van der Waals surface area contributed by atoms with Crippen molar-refractivity contribution in [3.8, 4) is 6.07 Å². The van der Waals surface area contributed by atoms with Gasteiger partial charge in [0.2, 0.25) is 5.82 Å². The maximum Gasteiger partial charge on any atom is 0.253 e. The summed E-state index contributed by atoms with van der Waals surface area (Å²) < 4.78 is 0. The predicted octanol–water partition coefficient (Wildman–Crippen LogP) is 4.19. The van der Waals surface area contributed by atoms with E-state index in [1.165, 1.54) is 18.4 Å². The molecule has 1 amide bonds. The van der Waals surface area contributed by atoms with Crippen molar-refractivity contribution < 1.29 is 4.79 Å². The molecule has 4 heterocycles. The molecule has 2 saturated heterocycles. The lowest BCUT2D eigenvalue weighted by Gasteiger charge is -2.35. The maximum absolute atomic E-state index is 13.1. The third-order valence-corrected chi connectivity index (χ3v) is 8.30. The van der Waals surface area contributed by atoms with Gasteiger partial charge in [-0.15, -0.1) is 11.3 Å². The second-order valence-corrected chi connectivity index (χ2v) is 10.3. The van der Waals surface area contributed by atoms with Crippen molar-refractivity contribution in [2.75, 3.05) is 7.05 Å². The molecule has 6 rings (SSSR count). The first-order valence-corrected chi connectivity index (χ1v) is 12.3. The van der Waals surface area contributed by atoms with Gasteiger partial charge in [-0.2, -0.15) is 5.26 Å². The molecule has 2 aliphatic heterocycles. The molecule has 1 saturated carbocycles. The van der Waals surface area contributed by atoms with Crippen LogP contribution < -0.4 is 5.32 Å². The van der Waals surface area contributed by atoms with Crippen LogP contribution in [0.25, 0.3) is 10.2 Å². The Hall–Kier alpha value is -2.82. The maximum atomic E-state index is 13.1. The summed E-state index contributed by atoms with van der Waals surface area (Å²) in [5.41, 5.74) is 2.97. The number of benzene rings is 1. The number of nitrogens with zero attached hydrogens (tertiary/aromatic N) is 4. The van der Waals surface area contributed by atoms with Gasteiger partial charge in [-0.05, 0) is 67.2 Å². The number of rotatable bonds is 4. The number of piperidine rings is 1. The number of fused-ring (bicyclic) bond motifs is 3. The van der Waals surface area contributed by atoms with Crippen molar-refractivity contribution >= 4 is 27.5 Å². The summed E-state index contributed by atoms with van der Waals surface area (Å²) in [6.45, 7) is 0. The summed E-state index contributed by atoms with van der Waals surface area (Å²) in [6.07, 6.45) is 5.60. The van der Waals surface area contributed by atoms with E-state index in [0.29, 0.717) is 30.0 Å². The second-order valence-electron chi connectivity index (χ2n) is 9.43. The van der Waals surface area contributed by atoms with Crippen molar-refractivity contribution in [3.05, 3.63) is 58.4 Å². The van der Waals surface area contributed by atoms with Crippen molar-refractivity contribution in [2.24, 2.45) is 0 Å². The molecule has 3 aromatic rings. The Morgan fingerprint density at radius 3 is 2.56 bits per heavy atom. The van der Waals surface area contributed by atoms with Crippen LogP contribution in [0.2, 0.25) is 0 Å². The van der Waals surface area contributed by atoms with Crippen LogP contribution in [0.4, 0.5) is 0 Å².